The molecule has 0 bridgehead atoms. The highest BCUT2D eigenvalue weighted by Gasteiger charge is 2.35. The molecule has 236 valence electrons. The molecular weight excluding hydrogens is 616 g/mol. The smallest absolute Gasteiger partial charge is 0.416 e. The number of carbonyl (C=O) groups is 1. The number of esters is 1. The lowest BCUT2D eigenvalue weighted by Gasteiger charge is -2.38. The third-order valence-electron chi connectivity index (χ3n) is 8.01. The Balaban J connectivity index is 1.15. The number of nitrogens with zero attached hydrogens (tertiary/aromatic N) is 3. The largest absolute Gasteiger partial charge is 0.459 e. The minimum atomic E-state index is -4.83. The van der Waals surface area contributed by atoms with Crippen molar-refractivity contribution in [1.82, 2.24) is 4.90 Å². The van der Waals surface area contributed by atoms with Gasteiger partial charge in [-0.15, -0.1) is 11.3 Å². The van der Waals surface area contributed by atoms with Crippen LogP contribution < -0.4 is 10.3 Å². The lowest BCUT2D eigenvalue weighted by atomic mass is 9.87. The van der Waals surface area contributed by atoms with Crippen LogP contribution in [-0.4, -0.2) is 54.6 Å². The van der Waals surface area contributed by atoms with E-state index in [1.54, 1.807) is 0 Å². The molecule has 44 heavy (non-hydrogen) atoms. The van der Waals surface area contributed by atoms with Crippen molar-refractivity contribution < 1.29 is 40.8 Å². The second kappa shape index (κ2) is 12.3. The summed E-state index contributed by atoms with van der Waals surface area (Å²) < 4.78 is 84.1. The fraction of sp³-hybridized carbons (Fsp3) is 0.448. The Morgan fingerprint density at radius 2 is 1.59 bits per heavy atom. The summed E-state index contributed by atoms with van der Waals surface area (Å²) in [4.78, 5) is 40.0. The Morgan fingerprint density at radius 3 is 2.20 bits per heavy atom. The van der Waals surface area contributed by atoms with Gasteiger partial charge in [-0.3, -0.25) is 19.8 Å². The highest BCUT2D eigenvalue weighted by molar-refractivity contribution is 7.22. The highest BCUT2D eigenvalue weighted by atomic mass is 32.1. The van der Waals surface area contributed by atoms with E-state index in [0.717, 1.165) is 42.9 Å². The summed E-state index contributed by atoms with van der Waals surface area (Å²) in [5.41, 5.74) is -3.77. The molecule has 1 aliphatic carbocycles. The Morgan fingerprint density at radius 1 is 0.932 bits per heavy atom. The standard InChI is InChI=1S/C29H27F6N3O5S/c30-28(31,32)19-3-1-2-18(12-19)27(40)43-21-6-4-17(5-7-21)16-36-8-10-37(11-9-36)25-15-24(39)22-13-20(29(33,34)35)14-23(38(41)42)26(22)44-25/h1-3,12-15,17,21H,4-11,16H2. The fourth-order valence-corrected chi connectivity index (χ4v) is 6.87. The number of hydrogen-bond acceptors (Lipinski definition) is 8. The Labute approximate surface area is 251 Å². The van der Waals surface area contributed by atoms with Crippen LogP contribution in [-0.2, 0) is 17.1 Å². The molecule has 2 fully saturated rings. The molecule has 5 rings (SSSR count). The van der Waals surface area contributed by atoms with E-state index in [-0.39, 0.29) is 21.8 Å². The van der Waals surface area contributed by atoms with Gasteiger partial charge in [0.05, 0.1) is 26.6 Å². The molecule has 0 spiro atoms. The number of hydrogen-bond donors (Lipinski definition) is 0. The first-order valence-corrected chi connectivity index (χ1v) is 14.7. The normalized spacial score (nSPS) is 20.1. The van der Waals surface area contributed by atoms with Gasteiger partial charge in [0.25, 0.3) is 5.69 Å². The number of alkyl halides is 6. The van der Waals surface area contributed by atoms with Crippen LogP contribution in [0.1, 0.15) is 47.2 Å². The predicted molar refractivity (Wildman–Crippen MR) is 151 cm³/mol. The Kier molecular flexibility index (Phi) is 8.89. The number of nitro benzene ring substituents is 1. The minimum absolute atomic E-state index is 0.0987. The number of piperazine rings is 1. The molecule has 1 saturated carbocycles. The SMILES string of the molecule is O=C(OC1CCC(CN2CCN(c3cc(=O)c4cc(C(F)(F)F)cc([N+](=O)[O-])c4s3)CC2)CC1)c1cccc(C(F)(F)F)c1. The van der Waals surface area contributed by atoms with Crippen molar-refractivity contribution in [1.29, 1.82) is 0 Å². The van der Waals surface area contributed by atoms with Crippen LogP contribution in [0.5, 0.6) is 0 Å². The van der Waals surface area contributed by atoms with Crippen molar-refractivity contribution in [3.8, 4) is 0 Å². The maximum Gasteiger partial charge on any atom is 0.416 e. The summed E-state index contributed by atoms with van der Waals surface area (Å²) >= 11 is 0.925. The van der Waals surface area contributed by atoms with E-state index in [4.69, 9.17) is 4.74 Å². The molecular formula is C29H27F6N3O5S. The zero-order valence-corrected chi connectivity index (χ0v) is 23.9. The Bertz CT molecular complexity index is 1610. The van der Waals surface area contributed by atoms with E-state index < -0.39 is 45.5 Å². The van der Waals surface area contributed by atoms with Crippen LogP contribution in [0.25, 0.3) is 10.1 Å². The molecule has 0 atom stereocenters. The van der Waals surface area contributed by atoms with Crippen LogP contribution >= 0.6 is 11.3 Å². The number of non-ortho nitro benzene ring substituents is 1. The summed E-state index contributed by atoms with van der Waals surface area (Å²) in [7, 11) is 0. The second-order valence-corrected chi connectivity index (χ2v) is 12.0. The van der Waals surface area contributed by atoms with Gasteiger partial charge in [-0.25, -0.2) is 4.79 Å². The van der Waals surface area contributed by atoms with E-state index in [1.807, 2.05) is 4.90 Å². The lowest BCUT2D eigenvalue weighted by Crippen LogP contribution is -2.48. The maximum absolute atomic E-state index is 13.3. The average Bonchev–Trinajstić information content (AvgIpc) is 2.97. The molecule has 1 aliphatic heterocycles. The summed E-state index contributed by atoms with van der Waals surface area (Å²) in [5.74, 6) is -0.454. The van der Waals surface area contributed by atoms with Crippen molar-refractivity contribution in [3.05, 3.63) is 79.5 Å². The van der Waals surface area contributed by atoms with Crippen molar-refractivity contribution in [3.63, 3.8) is 0 Å². The van der Waals surface area contributed by atoms with E-state index in [0.29, 0.717) is 62.1 Å². The quantitative estimate of drug-likeness (QED) is 0.127. The molecule has 15 heteroatoms. The zero-order valence-electron chi connectivity index (χ0n) is 23.1. The number of halogens is 6. The van der Waals surface area contributed by atoms with Gasteiger partial charge in [-0.05, 0) is 55.9 Å². The first-order valence-electron chi connectivity index (χ1n) is 13.9. The van der Waals surface area contributed by atoms with Crippen LogP contribution in [0, 0.1) is 16.0 Å². The summed E-state index contributed by atoms with van der Waals surface area (Å²) in [5, 5.41) is 11.7. The molecule has 0 N–H and O–H groups in total. The molecule has 2 aromatic carbocycles. The molecule has 0 unspecified atom stereocenters. The number of benzene rings is 2. The van der Waals surface area contributed by atoms with Crippen LogP contribution in [0.2, 0.25) is 0 Å². The number of fused-ring (bicyclic) bond motifs is 1. The van der Waals surface area contributed by atoms with E-state index >= 15 is 0 Å². The van der Waals surface area contributed by atoms with Gasteiger partial charge in [0.1, 0.15) is 10.8 Å². The molecule has 8 nitrogen and oxygen atoms in total. The van der Waals surface area contributed by atoms with Gasteiger partial charge >= 0.3 is 18.3 Å². The van der Waals surface area contributed by atoms with Crippen LogP contribution in [0.4, 0.5) is 37.0 Å². The van der Waals surface area contributed by atoms with Gasteiger partial charge in [0.2, 0.25) is 0 Å². The topological polar surface area (TPSA) is 93.0 Å². The monoisotopic (exact) mass is 643 g/mol. The first-order chi connectivity index (χ1) is 20.7. The number of anilines is 1. The average molecular weight is 644 g/mol. The molecule has 0 radical (unpaired) electrons. The van der Waals surface area contributed by atoms with Crippen molar-refractivity contribution in [2.24, 2.45) is 5.92 Å². The van der Waals surface area contributed by atoms with Gasteiger partial charge in [0, 0.05) is 50.2 Å². The predicted octanol–water partition coefficient (Wildman–Crippen LogP) is 6.75. The zero-order chi connectivity index (χ0) is 31.8. The van der Waals surface area contributed by atoms with E-state index in [1.165, 1.54) is 18.2 Å². The summed E-state index contributed by atoms with van der Waals surface area (Å²) in [6.07, 6.45) is -7.03. The second-order valence-electron chi connectivity index (χ2n) is 11.0. The Hall–Kier alpha value is -3.72. The van der Waals surface area contributed by atoms with Crippen molar-refractivity contribution in [2.75, 3.05) is 37.6 Å². The van der Waals surface area contributed by atoms with Crippen LogP contribution in [0.15, 0.2) is 47.3 Å². The molecule has 2 aliphatic rings. The molecule has 2 heterocycles. The molecule has 1 aromatic heterocycles. The van der Waals surface area contributed by atoms with E-state index in [9.17, 15) is 46.0 Å². The first kappa shape index (κ1) is 31.7. The van der Waals surface area contributed by atoms with E-state index in [2.05, 4.69) is 4.90 Å². The van der Waals surface area contributed by atoms with Gasteiger partial charge in [-0.1, -0.05) is 6.07 Å². The van der Waals surface area contributed by atoms with Gasteiger partial charge < -0.3 is 9.64 Å². The number of ether oxygens (including phenoxy) is 1. The van der Waals surface area contributed by atoms with Gasteiger partial charge in [-0.2, -0.15) is 26.3 Å². The highest BCUT2D eigenvalue weighted by Crippen LogP contribution is 2.39. The molecule has 1 saturated heterocycles. The third-order valence-corrected chi connectivity index (χ3v) is 9.23. The van der Waals surface area contributed by atoms with Crippen molar-refractivity contribution >= 4 is 38.1 Å². The van der Waals surface area contributed by atoms with Crippen LogP contribution in [0.3, 0.4) is 0 Å². The van der Waals surface area contributed by atoms with Gasteiger partial charge in [0.15, 0.2) is 5.43 Å². The third kappa shape index (κ3) is 7.15. The number of rotatable bonds is 6. The number of nitro groups is 1. The summed E-state index contributed by atoms with van der Waals surface area (Å²) in [6.45, 7) is 3.08. The lowest BCUT2D eigenvalue weighted by molar-refractivity contribution is -0.383. The maximum atomic E-state index is 13.3. The molecule has 3 aromatic rings. The van der Waals surface area contributed by atoms with Crippen molar-refractivity contribution in [2.45, 2.75) is 44.1 Å². The minimum Gasteiger partial charge on any atom is -0.459 e. The fourth-order valence-electron chi connectivity index (χ4n) is 5.67. The number of carbonyl (C=O) groups excluding carboxylic acids is 1. The summed E-state index contributed by atoms with van der Waals surface area (Å²) in [6, 6.07) is 6.50. The molecule has 0 amide bonds.